The summed E-state index contributed by atoms with van der Waals surface area (Å²) < 4.78 is 0. The van der Waals surface area contributed by atoms with Gasteiger partial charge in [0.05, 0.1) is 0 Å². The molecule has 6 heteroatoms. The summed E-state index contributed by atoms with van der Waals surface area (Å²) in [6.07, 6.45) is 4.09. The van der Waals surface area contributed by atoms with Crippen LogP contribution in [0.4, 0.5) is 4.79 Å². The van der Waals surface area contributed by atoms with Gasteiger partial charge in [0.2, 0.25) is 5.91 Å². The van der Waals surface area contributed by atoms with Gasteiger partial charge in [-0.1, -0.05) is 6.07 Å². The minimum absolute atomic E-state index is 0.0145. The Balaban J connectivity index is 1.71. The molecule has 0 aliphatic carbocycles. The van der Waals surface area contributed by atoms with Crippen molar-refractivity contribution in [2.45, 2.75) is 51.6 Å². The maximum Gasteiger partial charge on any atom is 0.315 e. The maximum absolute atomic E-state index is 12.4. The van der Waals surface area contributed by atoms with Gasteiger partial charge in [-0.25, -0.2) is 4.79 Å². The first kappa shape index (κ1) is 16.8. The van der Waals surface area contributed by atoms with Crippen LogP contribution in [0, 0.1) is 0 Å². The largest absolute Gasteiger partial charge is 0.338 e. The number of carbonyl (C=O) groups is 2. The van der Waals surface area contributed by atoms with Crippen LogP contribution in [0.1, 0.15) is 38.0 Å². The molecule has 1 aromatic heterocycles. The van der Waals surface area contributed by atoms with Gasteiger partial charge < -0.3 is 15.5 Å². The Morgan fingerprint density at radius 3 is 2.95 bits per heavy atom. The van der Waals surface area contributed by atoms with Crippen LogP contribution in [0.25, 0.3) is 0 Å². The third kappa shape index (κ3) is 4.73. The molecule has 1 aliphatic rings. The first-order valence-electron chi connectivity index (χ1n) is 7.95. The number of thiophene rings is 1. The molecule has 122 valence electrons. The van der Waals surface area contributed by atoms with Gasteiger partial charge in [-0.05, 0) is 51.0 Å². The zero-order chi connectivity index (χ0) is 15.9. The van der Waals surface area contributed by atoms with E-state index in [4.69, 9.17) is 0 Å². The topological polar surface area (TPSA) is 61.4 Å². The zero-order valence-electron chi connectivity index (χ0n) is 13.3. The standard InChI is InChI=1S/C16H25N3O2S/c1-12-6-3-4-10-19(12)15(20)13(2)18-16(21)17-9-8-14-7-5-11-22-14/h5,7,11-13H,3-4,6,8-10H2,1-2H3,(H2,17,18,21)/t12-,13+/m1/s1. The highest BCUT2D eigenvalue weighted by Crippen LogP contribution is 2.17. The van der Waals surface area contributed by atoms with Gasteiger partial charge >= 0.3 is 6.03 Å². The number of likely N-dealkylation sites (tertiary alicyclic amines) is 1. The van der Waals surface area contributed by atoms with Crippen molar-refractivity contribution in [3.63, 3.8) is 0 Å². The number of hydrogen-bond acceptors (Lipinski definition) is 3. The van der Waals surface area contributed by atoms with E-state index in [0.717, 1.165) is 25.8 Å². The lowest BCUT2D eigenvalue weighted by Crippen LogP contribution is -2.53. The van der Waals surface area contributed by atoms with E-state index < -0.39 is 6.04 Å². The molecule has 22 heavy (non-hydrogen) atoms. The minimum atomic E-state index is -0.484. The number of nitrogens with one attached hydrogen (secondary N) is 2. The molecule has 0 unspecified atom stereocenters. The third-order valence-electron chi connectivity index (χ3n) is 4.04. The highest BCUT2D eigenvalue weighted by Gasteiger charge is 2.27. The number of urea groups is 1. The van der Waals surface area contributed by atoms with Gasteiger partial charge in [0.15, 0.2) is 0 Å². The van der Waals surface area contributed by atoms with E-state index in [0.29, 0.717) is 6.54 Å². The number of hydrogen-bond donors (Lipinski definition) is 2. The lowest BCUT2D eigenvalue weighted by molar-refractivity contribution is -0.136. The average molecular weight is 323 g/mol. The van der Waals surface area contributed by atoms with Crippen molar-refractivity contribution < 1.29 is 9.59 Å². The fourth-order valence-corrected chi connectivity index (χ4v) is 3.45. The second-order valence-electron chi connectivity index (χ2n) is 5.83. The van der Waals surface area contributed by atoms with Crippen LogP contribution in [-0.2, 0) is 11.2 Å². The fourth-order valence-electron chi connectivity index (χ4n) is 2.74. The molecule has 2 N–H and O–H groups in total. The molecule has 0 spiro atoms. The van der Waals surface area contributed by atoms with Gasteiger partial charge in [0.25, 0.3) is 0 Å². The summed E-state index contributed by atoms with van der Waals surface area (Å²) in [5.74, 6) is 0.0145. The number of rotatable bonds is 5. The van der Waals surface area contributed by atoms with Gasteiger partial charge in [0.1, 0.15) is 6.04 Å². The molecular weight excluding hydrogens is 298 g/mol. The molecule has 3 amide bonds. The Kier molecular flexibility index (Phi) is 6.24. The zero-order valence-corrected chi connectivity index (χ0v) is 14.1. The summed E-state index contributed by atoms with van der Waals surface area (Å²) >= 11 is 1.68. The molecule has 2 heterocycles. The first-order chi connectivity index (χ1) is 10.6. The van der Waals surface area contributed by atoms with Crippen molar-refractivity contribution in [2.24, 2.45) is 0 Å². The predicted molar refractivity (Wildman–Crippen MR) is 89.0 cm³/mol. The molecule has 0 bridgehead atoms. The number of carbonyl (C=O) groups excluding carboxylic acids is 2. The van der Waals surface area contributed by atoms with Crippen LogP contribution in [0.5, 0.6) is 0 Å². The monoisotopic (exact) mass is 323 g/mol. The lowest BCUT2D eigenvalue weighted by atomic mass is 10.0. The molecule has 5 nitrogen and oxygen atoms in total. The lowest BCUT2D eigenvalue weighted by Gasteiger charge is -2.35. The fraction of sp³-hybridized carbons (Fsp3) is 0.625. The maximum atomic E-state index is 12.4. The van der Waals surface area contributed by atoms with E-state index in [1.54, 1.807) is 18.3 Å². The van der Waals surface area contributed by atoms with Crippen molar-refractivity contribution in [2.75, 3.05) is 13.1 Å². The molecule has 2 atom stereocenters. The molecule has 0 aromatic carbocycles. The summed E-state index contributed by atoms with van der Waals surface area (Å²) in [6.45, 7) is 5.20. The van der Waals surface area contributed by atoms with E-state index in [1.165, 1.54) is 11.3 Å². The van der Waals surface area contributed by atoms with E-state index in [2.05, 4.69) is 17.6 Å². The van der Waals surface area contributed by atoms with Crippen LogP contribution in [0.15, 0.2) is 17.5 Å². The van der Waals surface area contributed by atoms with Crippen LogP contribution in [0.3, 0.4) is 0 Å². The highest BCUT2D eigenvalue weighted by molar-refractivity contribution is 7.09. The molecule has 0 radical (unpaired) electrons. The number of piperidine rings is 1. The SMILES string of the molecule is C[C@H](NC(=O)NCCc1cccs1)C(=O)N1CCCC[C@H]1C. The Morgan fingerprint density at radius 2 is 2.27 bits per heavy atom. The van der Waals surface area contributed by atoms with Crippen LogP contribution in [0.2, 0.25) is 0 Å². The van der Waals surface area contributed by atoms with Crippen molar-refractivity contribution in [3.05, 3.63) is 22.4 Å². The van der Waals surface area contributed by atoms with Crippen molar-refractivity contribution in [1.29, 1.82) is 0 Å². The Hall–Kier alpha value is -1.56. The van der Waals surface area contributed by atoms with E-state index in [-0.39, 0.29) is 18.0 Å². The van der Waals surface area contributed by atoms with Gasteiger partial charge in [-0.3, -0.25) is 4.79 Å². The minimum Gasteiger partial charge on any atom is -0.338 e. The summed E-state index contributed by atoms with van der Waals surface area (Å²) in [6, 6.07) is 3.56. The molecule has 0 saturated carbocycles. The number of nitrogens with zero attached hydrogens (tertiary/aromatic N) is 1. The smallest absolute Gasteiger partial charge is 0.315 e. The molecule has 1 aliphatic heterocycles. The van der Waals surface area contributed by atoms with E-state index in [9.17, 15) is 9.59 Å². The van der Waals surface area contributed by atoms with Crippen molar-refractivity contribution >= 4 is 23.3 Å². The molecular formula is C16H25N3O2S. The summed E-state index contributed by atoms with van der Waals surface area (Å²) in [5.41, 5.74) is 0. The Bertz CT molecular complexity index is 490. The summed E-state index contributed by atoms with van der Waals surface area (Å²) in [5, 5.41) is 7.57. The Labute approximate surface area is 136 Å². The molecule has 2 rings (SSSR count). The van der Waals surface area contributed by atoms with Crippen molar-refractivity contribution in [3.8, 4) is 0 Å². The Morgan fingerprint density at radius 1 is 1.45 bits per heavy atom. The van der Waals surface area contributed by atoms with Gasteiger partial charge in [0, 0.05) is 24.0 Å². The average Bonchev–Trinajstić information content (AvgIpc) is 3.00. The molecule has 1 aromatic rings. The molecule has 1 saturated heterocycles. The van der Waals surface area contributed by atoms with Crippen molar-refractivity contribution in [1.82, 2.24) is 15.5 Å². The normalized spacial score (nSPS) is 19.5. The third-order valence-corrected chi connectivity index (χ3v) is 4.98. The summed E-state index contributed by atoms with van der Waals surface area (Å²) in [7, 11) is 0. The van der Waals surface area contributed by atoms with E-state index >= 15 is 0 Å². The second kappa shape index (κ2) is 8.17. The van der Waals surface area contributed by atoms with Gasteiger partial charge in [-0.15, -0.1) is 11.3 Å². The highest BCUT2D eigenvalue weighted by atomic mass is 32.1. The molecule has 1 fully saturated rings. The van der Waals surface area contributed by atoms with Crippen LogP contribution < -0.4 is 10.6 Å². The first-order valence-corrected chi connectivity index (χ1v) is 8.83. The summed E-state index contributed by atoms with van der Waals surface area (Å²) in [4.78, 5) is 27.4. The number of amides is 3. The van der Waals surface area contributed by atoms with Gasteiger partial charge in [-0.2, -0.15) is 0 Å². The quantitative estimate of drug-likeness (QED) is 0.874. The van der Waals surface area contributed by atoms with E-state index in [1.807, 2.05) is 22.4 Å². The second-order valence-corrected chi connectivity index (χ2v) is 6.86. The predicted octanol–water partition coefficient (Wildman–Crippen LogP) is 2.38. The van der Waals surface area contributed by atoms with Crippen LogP contribution >= 0.6 is 11.3 Å². The van der Waals surface area contributed by atoms with Crippen LogP contribution in [-0.4, -0.2) is 42.0 Å².